The highest BCUT2D eigenvalue weighted by atomic mass is 16.2. The number of rotatable bonds is 4. The van der Waals surface area contributed by atoms with Gasteiger partial charge < -0.3 is 16.0 Å². The fourth-order valence-electron chi connectivity index (χ4n) is 1.78. The van der Waals surface area contributed by atoms with Crippen molar-refractivity contribution in [1.29, 1.82) is 0 Å². The van der Waals surface area contributed by atoms with Gasteiger partial charge in [-0.05, 0) is 45.4 Å². The summed E-state index contributed by atoms with van der Waals surface area (Å²) in [6, 6.07) is 5.51. The first-order valence-corrected chi connectivity index (χ1v) is 6.60. The maximum atomic E-state index is 12.1. The van der Waals surface area contributed by atoms with Gasteiger partial charge in [-0.15, -0.1) is 0 Å². The Kier molecular flexibility index (Phi) is 5.13. The Hall–Kier alpha value is -2.04. The minimum absolute atomic E-state index is 0.0346. The van der Waals surface area contributed by atoms with Crippen LogP contribution in [0.4, 0.5) is 5.69 Å². The Labute approximate surface area is 120 Å². The van der Waals surface area contributed by atoms with E-state index in [0.717, 1.165) is 11.3 Å². The third kappa shape index (κ3) is 4.91. The van der Waals surface area contributed by atoms with Crippen molar-refractivity contribution in [3.05, 3.63) is 29.3 Å². The molecule has 0 aliphatic carbocycles. The van der Waals surface area contributed by atoms with Gasteiger partial charge in [-0.2, -0.15) is 0 Å². The van der Waals surface area contributed by atoms with Gasteiger partial charge in [0.1, 0.15) is 0 Å². The molecule has 1 rings (SSSR count). The summed E-state index contributed by atoms with van der Waals surface area (Å²) in [5.41, 5.74) is 2.04. The lowest BCUT2D eigenvalue weighted by Crippen LogP contribution is -2.45. The molecule has 0 atom stereocenters. The Morgan fingerprint density at radius 1 is 1.20 bits per heavy atom. The molecule has 3 N–H and O–H groups in total. The normalized spacial score (nSPS) is 10.8. The number of hydrogen-bond acceptors (Lipinski definition) is 3. The summed E-state index contributed by atoms with van der Waals surface area (Å²) in [5, 5.41) is 8.40. The van der Waals surface area contributed by atoms with Crippen molar-refractivity contribution in [2.45, 2.75) is 33.2 Å². The van der Waals surface area contributed by atoms with Crippen molar-refractivity contribution in [3.63, 3.8) is 0 Å². The van der Waals surface area contributed by atoms with Crippen LogP contribution in [0, 0.1) is 6.92 Å². The monoisotopic (exact) mass is 277 g/mol. The van der Waals surface area contributed by atoms with Gasteiger partial charge in [0.25, 0.3) is 5.91 Å². The van der Waals surface area contributed by atoms with Gasteiger partial charge in [0, 0.05) is 18.3 Å². The van der Waals surface area contributed by atoms with Crippen LogP contribution in [0.1, 0.15) is 36.7 Å². The van der Waals surface area contributed by atoms with Crippen molar-refractivity contribution in [3.8, 4) is 0 Å². The third-order valence-electron chi connectivity index (χ3n) is 2.61. The van der Waals surface area contributed by atoms with Gasteiger partial charge in [0.05, 0.1) is 12.1 Å². The molecule has 20 heavy (non-hydrogen) atoms. The summed E-state index contributed by atoms with van der Waals surface area (Å²) in [6.07, 6.45) is 0. The zero-order valence-electron chi connectivity index (χ0n) is 12.8. The predicted octanol–water partition coefficient (Wildman–Crippen LogP) is 1.68. The van der Waals surface area contributed by atoms with E-state index < -0.39 is 0 Å². The van der Waals surface area contributed by atoms with E-state index in [9.17, 15) is 9.59 Å². The first-order valence-electron chi connectivity index (χ1n) is 6.60. The first kappa shape index (κ1) is 16.0. The summed E-state index contributed by atoms with van der Waals surface area (Å²) >= 11 is 0. The summed E-state index contributed by atoms with van der Waals surface area (Å²) in [5.74, 6) is -0.470. The quantitative estimate of drug-likeness (QED) is 0.784. The van der Waals surface area contributed by atoms with Gasteiger partial charge in [0.15, 0.2) is 0 Å². The van der Waals surface area contributed by atoms with E-state index in [-0.39, 0.29) is 23.9 Å². The molecule has 110 valence electrons. The van der Waals surface area contributed by atoms with Crippen molar-refractivity contribution in [1.82, 2.24) is 10.6 Å². The van der Waals surface area contributed by atoms with E-state index >= 15 is 0 Å². The highest BCUT2D eigenvalue weighted by Gasteiger charge is 2.16. The number of hydrogen-bond donors (Lipinski definition) is 3. The van der Waals surface area contributed by atoms with Crippen LogP contribution in [0.15, 0.2) is 18.2 Å². The molecule has 1 aromatic carbocycles. The molecule has 0 fully saturated rings. The average Bonchev–Trinajstić information content (AvgIpc) is 2.33. The van der Waals surface area contributed by atoms with Crippen LogP contribution in [0.25, 0.3) is 0 Å². The van der Waals surface area contributed by atoms with Crippen molar-refractivity contribution in [2.75, 3.05) is 18.9 Å². The summed E-state index contributed by atoms with van der Waals surface area (Å²) < 4.78 is 0. The van der Waals surface area contributed by atoms with Gasteiger partial charge in [-0.1, -0.05) is 6.07 Å². The van der Waals surface area contributed by atoms with E-state index in [1.807, 2.05) is 39.8 Å². The molecule has 0 saturated heterocycles. The maximum absolute atomic E-state index is 12.1. The van der Waals surface area contributed by atoms with Gasteiger partial charge in [0.2, 0.25) is 5.91 Å². The predicted molar refractivity (Wildman–Crippen MR) is 81.0 cm³/mol. The largest absolute Gasteiger partial charge is 0.387 e. The highest BCUT2D eigenvalue weighted by Crippen LogP contribution is 2.16. The van der Waals surface area contributed by atoms with Crippen LogP contribution in [0.2, 0.25) is 0 Å². The molecule has 5 heteroatoms. The topological polar surface area (TPSA) is 70.2 Å². The molecule has 0 bridgehead atoms. The van der Waals surface area contributed by atoms with Crippen LogP contribution < -0.4 is 16.0 Å². The second kappa shape index (κ2) is 6.41. The van der Waals surface area contributed by atoms with Crippen molar-refractivity contribution in [2.24, 2.45) is 0 Å². The SMILES string of the molecule is CNc1cc(C)ccc1C(=O)NCC(=O)NC(C)(C)C. The van der Waals surface area contributed by atoms with E-state index in [1.165, 1.54) is 0 Å². The van der Waals surface area contributed by atoms with Gasteiger partial charge >= 0.3 is 0 Å². The summed E-state index contributed by atoms with van der Waals surface area (Å²) in [4.78, 5) is 23.7. The molecule has 0 spiro atoms. The number of nitrogens with one attached hydrogen (secondary N) is 3. The number of benzene rings is 1. The van der Waals surface area contributed by atoms with Crippen LogP contribution in [-0.4, -0.2) is 30.9 Å². The second-order valence-corrected chi connectivity index (χ2v) is 5.78. The Morgan fingerprint density at radius 2 is 1.85 bits per heavy atom. The van der Waals surface area contributed by atoms with E-state index in [4.69, 9.17) is 0 Å². The number of amides is 2. The molecule has 0 aromatic heterocycles. The van der Waals surface area contributed by atoms with E-state index in [1.54, 1.807) is 13.1 Å². The molecule has 0 aliphatic heterocycles. The molecule has 5 nitrogen and oxygen atoms in total. The molecule has 0 unspecified atom stereocenters. The lowest BCUT2D eigenvalue weighted by molar-refractivity contribution is -0.121. The molecular weight excluding hydrogens is 254 g/mol. The number of carbonyl (C=O) groups is 2. The minimum atomic E-state index is -0.304. The summed E-state index contributed by atoms with van der Waals surface area (Å²) in [6.45, 7) is 7.61. The highest BCUT2D eigenvalue weighted by molar-refractivity contribution is 6.01. The van der Waals surface area contributed by atoms with E-state index in [0.29, 0.717) is 5.56 Å². The van der Waals surface area contributed by atoms with Crippen molar-refractivity contribution >= 4 is 17.5 Å². The number of carbonyl (C=O) groups excluding carboxylic acids is 2. The average molecular weight is 277 g/mol. The molecule has 0 heterocycles. The Bertz CT molecular complexity index is 504. The number of aryl methyl sites for hydroxylation is 1. The van der Waals surface area contributed by atoms with Crippen LogP contribution in [-0.2, 0) is 4.79 Å². The Balaban J connectivity index is 2.66. The fourth-order valence-corrected chi connectivity index (χ4v) is 1.78. The van der Waals surface area contributed by atoms with E-state index in [2.05, 4.69) is 16.0 Å². The lowest BCUT2D eigenvalue weighted by atomic mass is 10.1. The molecule has 1 aromatic rings. The van der Waals surface area contributed by atoms with Gasteiger partial charge in [-0.25, -0.2) is 0 Å². The maximum Gasteiger partial charge on any atom is 0.253 e. The molecular formula is C15H23N3O2. The molecule has 2 amide bonds. The molecule has 0 radical (unpaired) electrons. The standard InChI is InChI=1S/C15H23N3O2/c1-10-6-7-11(12(8-10)16-5)14(20)17-9-13(19)18-15(2,3)4/h6-8,16H,9H2,1-5H3,(H,17,20)(H,18,19). The zero-order valence-corrected chi connectivity index (χ0v) is 12.8. The second-order valence-electron chi connectivity index (χ2n) is 5.78. The molecule has 0 saturated carbocycles. The third-order valence-corrected chi connectivity index (χ3v) is 2.61. The number of anilines is 1. The fraction of sp³-hybridized carbons (Fsp3) is 0.467. The van der Waals surface area contributed by atoms with Crippen LogP contribution in [0.3, 0.4) is 0 Å². The first-order chi connectivity index (χ1) is 9.23. The van der Waals surface area contributed by atoms with Crippen LogP contribution in [0.5, 0.6) is 0 Å². The van der Waals surface area contributed by atoms with Gasteiger partial charge in [-0.3, -0.25) is 9.59 Å². The zero-order chi connectivity index (χ0) is 15.3. The summed E-state index contributed by atoms with van der Waals surface area (Å²) in [7, 11) is 1.76. The minimum Gasteiger partial charge on any atom is -0.387 e. The van der Waals surface area contributed by atoms with Crippen LogP contribution >= 0.6 is 0 Å². The molecule has 0 aliphatic rings. The Morgan fingerprint density at radius 3 is 2.40 bits per heavy atom. The smallest absolute Gasteiger partial charge is 0.253 e. The van der Waals surface area contributed by atoms with Crippen molar-refractivity contribution < 1.29 is 9.59 Å². The lowest BCUT2D eigenvalue weighted by Gasteiger charge is -2.20.